The van der Waals surface area contributed by atoms with Crippen LogP contribution in [0.25, 0.3) is 5.69 Å². The van der Waals surface area contributed by atoms with E-state index < -0.39 is 0 Å². The van der Waals surface area contributed by atoms with Crippen molar-refractivity contribution in [1.82, 2.24) is 19.3 Å². The molecule has 0 saturated heterocycles. The monoisotopic (exact) mass is 267 g/mol. The van der Waals surface area contributed by atoms with Crippen LogP contribution in [0.1, 0.15) is 12.5 Å². The largest absolute Gasteiger partial charge is 0.379 e. The van der Waals surface area contributed by atoms with E-state index in [0.29, 0.717) is 0 Å². The van der Waals surface area contributed by atoms with Gasteiger partial charge in [0, 0.05) is 25.5 Å². The third-order valence-corrected chi connectivity index (χ3v) is 3.23. The third-order valence-electron chi connectivity index (χ3n) is 3.23. The predicted octanol–water partition coefficient (Wildman–Crippen LogP) is 2.70. The molecule has 0 amide bonds. The van der Waals surface area contributed by atoms with Crippen LogP contribution in [0.5, 0.6) is 0 Å². The standard InChI is InChI=1S/C15H17N5/c1-2-19-8-7-13(10-19)9-17-14-5-3-4-6-15(14)20-12-16-11-18-20/h3-8,10-12,17H,2,9H2,1H3. The lowest BCUT2D eigenvalue weighted by Gasteiger charge is -2.10. The zero-order valence-electron chi connectivity index (χ0n) is 11.4. The van der Waals surface area contributed by atoms with Crippen molar-refractivity contribution in [3.63, 3.8) is 0 Å². The number of anilines is 1. The van der Waals surface area contributed by atoms with E-state index in [1.807, 2.05) is 24.3 Å². The maximum absolute atomic E-state index is 4.18. The van der Waals surface area contributed by atoms with Crippen molar-refractivity contribution in [2.75, 3.05) is 5.32 Å². The summed E-state index contributed by atoms with van der Waals surface area (Å²) in [6.45, 7) is 3.92. The van der Waals surface area contributed by atoms with Gasteiger partial charge in [-0.1, -0.05) is 12.1 Å². The Bertz CT molecular complexity index is 669. The van der Waals surface area contributed by atoms with Crippen molar-refractivity contribution in [3.05, 3.63) is 60.9 Å². The number of nitrogens with one attached hydrogen (secondary N) is 1. The maximum atomic E-state index is 4.18. The highest BCUT2D eigenvalue weighted by molar-refractivity contribution is 5.60. The van der Waals surface area contributed by atoms with Gasteiger partial charge in [0.1, 0.15) is 12.7 Å². The predicted molar refractivity (Wildman–Crippen MR) is 78.8 cm³/mol. The molecule has 3 rings (SSSR count). The molecule has 1 N–H and O–H groups in total. The molecule has 2 aromatic heterocycles. The highest BCUT2D eigenvalue weighted by Gasteiger charge is 2.04. The number of nitrogens with zero attached hydrogens (tertiary/aromatic N) is 4. The normalized spacial score (nSPS) is 10.7. The quantitative estimate of drug-likeness (QED) is 0.773. The van der Waals surface area contributed by atoms with Gasteiger partial charge in [-0.25, -0.2) is 9.67 Å². The first kappa shape index (κ1) is 12.5. The Labute approximate surface area is 117 Å². The van der Waals surface area contributed by atoms with Crippen LogP contribution in [0.4, 0.5) is 5.69 Å². The SMILES string of the molecule is CCn1ccc(CNc2ccccc2-n2cncn2)c1. The van der Waals surface area contributed by atoms with E-state index in [1.165, 1.54) is 11.9 Å². The minimum Gasteiger partial charge on any atom is -0.379 e. The lowest BCUT2D eigenvalue weighted by Crippen LogP contribution is -2.04. The maximum Gasteiger partial charge on any atom is 0.138 e. The van der Waals surface area contributed by atoms with Gasteiger partial charge in [0.25, 0.3) is 0 Å². The number of hydrogen-bond donors (Lipinski definition) is 1. The molecule has 0 radical (unpaired) electrons. The smallest absolute Gasteiger partial charge is 0.138 e. The molecule has 1 aromatic carbocycles. The van der Waals surface area contributed by atoms with E-state index in [9.17, 15) is 0 Å². The first-order valence-corrected chi connectivity index (χ1v) is 6.69. The van der Waals surface area contributed by atoms with Gasteiger partial charge in [0.2, 0.25) is 0 Å². The molecule has 20 heavy (non-hydrogen) atoms. The van der Waals surface area contributed by atoms with E-state index in [1.54, 1.807) is 11.0 Å². The molecule has 0 fully saturated rings. The van der Waals surface area contributed by atoms with E-state index in [4.69, 9.17) is 0 Å². The van der Waals surface area contributed by atoms with Crippen LogP contribution in [0, 0.1) is 0 Å². The van der Waals surface area contributed by atoms with E-state index in [2.05, 4.69) is 45.4 Å². The zero-order chi connectivity index (χ0) is 13.8. The molecular weight excluding hydrogens is 250 g/mol. The van der Waals surface area contributed by atoms with Crippen molar-refractivity contribution in [2.45, 2.75) is 20.0 Å². The molecule has 0 atom stereocenters. The molecule has 0 aliphatic heterocycles. The van der Waals surface area contributed by atoms with E-state index in [-0.39, 0.29) is 0 Å². The van der Waals surface area contributed by atoms with Crippen molar-refractivity contribution < 1.29 is 0 Å². The molecule has 5 heteroatoms. The molecule has 0 saturated carbocycles. The third kappa shape index (κ3) is 2.56. The summed E-state index contributed by atoms with van der Waals surface area (Å²) >= 11 is 0. The van der Waals surface area contributed by atoms with Gasteiger partial charge < -0.3 is 9.88 Å². The van der Waals surface area contributed by atoms with Crippen LogP contribution < -0.4 is 5.32 Å². The Morgan fingerprint density at radius 3 is 2.85 bits per heavy atom. The average molecular weight is 267 g/mol. The fourth-order valence-corrected chi connectivity index (χ4v) is 2.14. The van der Waals surface area contributed by atoms with Crippen LogP contribution in [-0.4, -0.2) is 19.3 Å². The summed E-state index contributed by atoms with van der Waals surface area (Å²) in [5, 5.41) is 7.63. The van der Waals surface area contributed by atoms with Gasteiger partial charge >= 0.3 is 0 Å². The average Bonchev–Trinajstić information content (AvgIpc) is 3.17. The first-order chi connectivity index (χ1) is 9.86. The molecule has 3 aromatic rings. The van der Waals surface area contributed by atoms with Crippen LogP contribution in [0.2, 0.25) is 0 Å². The molecule has 0 aliphatic rings. The van der Waals surface area contributed by atoms with Crippen LogP contribution in [0.15, 0.2) is 55.4 Å². The van der Waals surface area contributed by atoms with Gasteiger partial charge in [-0.15, -0.1) is 0 Å². The van der Waals surface area contributed by atoms with Crippen molar-refractivity contribution in [2.24, 2.45) is 0 Å². The second-order valence-corrected chi connectivity index (χ2v) is 4.56. The molecule has 0 aliphatic carbocycles. The second-order valence-electron chi connectivity index (χ2n) is 4.56. The van der Waals surface area contributed by atoms with Gasteiger partial charge in [-0.05, 0) is 30.7 Å². The Morgan fingerprint density at radius 1 is 1.20 bits per heavy atom. The fourth-order valence-electron chi connectivity index (χ4n) is 2.14. The van der Waals surface area contributed by atoms with Crippen LogP contribution in [0.3, 0.4) is 0 Å². The Morgan fingerprint density at radius 2 is 2.10 bits per heavy atom. The van der Waals surface area contributed by atoms with Crippen molar-refractivity contribution in [1.29, 1.82) is 0 Å². The van der Waals surface area contributed by atoms with Crippen molar-refractivity contribution >= 4 is 5.69 Å². The lowest BCUT2D eigenvalue weighted by atomic mass is 10.2. The zero-order valence-corrected chi connectivity index (χ0v) is 11.4. The summed E-state index contributed by atoms with van der Waals surface area (Å²) < 4.78 is 3.93. The topological polar surface area (TPSA) is 47.7 Å². The number of para-hydroxylation sites is 2. The molecular formula is C15H17N5. The number of aryl methyl sites for hydroxylation is 1. The minimum absolute atomic E-state index is 0.790. The van der Waals surface area contributed by atoms with Gasteiger partial charge in [0.15, 0.2) is 0 Å². The highest BCUT2D eigenvalue weighted by atomic mass is 15.3. The molecule has 2 heterocycles. The Kier molecular flexibility index (Phi) is 3.50. The summed E-state index contributed by atoms with van der Waals surface area (Å²) in [5.74, 6) is 0. The second kappa shape index (κ2) is 5.61. The first-order valence-electron chi connectivity index (χ1n) is 6.69. The van der Waals surface area contributed by atoms with Crippen LogP contribution in [-0.2, 0) is 13.1 Å². The summed E-state index contributed by atoms with van der Waals surface area (Å²) in [5.41, 5.74) is 3.31. The van der Waals surface area contributed by atoms with Gasteiger partial charge in [-0.3, -0.25) is 0 Å². The minimum atomic E-state index is 0.790. The van der Waals surface area contributed by atoms with Gasteiger partial charge in [0.05, 0.1) is 11.4 Å². The number of rotatable bonds is 5. The number of aromatic nitrogens is 4. The van der Waals surface area contributed by atoms with Crippen molar-refractivity contribution in [3.8, 4) is 5.69 Å². The summed E-state index contributed by atoms with van der Waals surface area (Å²) in [7, 11) is 0. The summed E-state index contributed by atoms with van der Waals surface area (Å²) in [6.07, 6.45) is 7.50. The Hall–Kier alpha value is -2.56. The van der Waals surface area contributed by atoms with Gasteiger partial charge in [-0.2, -0.15) is 5.10 Å². The Balaban J connectivity index is 1.77. The van der Waals surface area contributed by atoms with E-state index >= 15 is 0 Å². The van der Waals surface area contributed by atoms with E-state index in [0.717, 1.165) is 24.5 Å². The molecule has 102 valence electrons. The summed E-state index contributed by atoms with van der Waals surface area (Å²) in [4.78, 5) is 3.99. The summed E-state index contributed by atoms with van der Waals surface area (Å²) in [6, 6.07) is 10.2. The fraction of sp³-hybridized carbons (Fsp3) is 0.200. The number of hydrogen-bond acceptors (Lipinski definition) is 3. The molecule has 0 spiro atoms. The highest BCUT2D eigenvalue weighted by Crippen LogP contribution is 2.19. The lowest BCUT2D eigenvalue weighted by molar-refractivity contribution is 0.766. The molecule has 5 nitrogen and oxygen atoms in total. The molecule has 0 unspecified atom stereocenters. The molecule has 0 bridgehead atoms. The van der Waals surface area contributed by atoms with Crippen LogP contribution >= 0.6 is 0 Å². The number of benzene rings is 1.